The van der Waals surface area contributed by atoms with Gasteiger partial charge in [-0.15, -0.1) is 0 Å². The topological polar surface area (TPSA) is 72.5 Å². The lowest BCUT2D eigenvalue weighted by Crippen LogP contribution is -2.21. The highest BCUT2D eigenvalue weighted by atomic mass is 16.5. The molecule has 5 heteroatoms. The van der Waals surface area contributed by atoms with E-state index < -0.39 is 0 Å². The van der Waals surface area contributed by atoms with Crippen LogP contribution >= 0.6 is 0 Å². The number of benzene rings is 2. The molecule has 1 heterocycles. The molecule has 2 aliphatic rings. The van der Waals surface area contributed by atoms with E-state index in [1.807, 2.05) is 42.5 Å². The zero-order valence-corrected chi connectivity index (χ0v) is 15.0. The average Bonchev–Trinajstić information content (AvgIpc) is 2.64. The molecule has 1 aliphatic heterocycles. The van der Waals surface area contributed by atoms with Crippen LogP contribution in [0.3, 0.4) is 0 Å². The molecule has 27 heavy (non-hydrogen) atoms. The van der Waals surface area contributed by atoms with Crippen molar-refractivity contribution < 1.29 is 19.1 Å². The summed E-state index contributed by atoms with van der Waals surface area (Å²) in [5.74, 6) is 0.429. The number of hydrogen-bond donors (Lipinski definition) is 1. The zero-order chi connectivity index (χ0) is 18.8. The fourth-order valence-electron chi connectivity index (χ4n) is 3.54. The minimum Gasteiger partial charge on any atom is -0.461 e. The number of hydrogen-bond acceptors (Lipinski definition) is 4. The predicted molar refractivity (Wildman–Crippen MR) is 100 cm³/mol. The first-order chi connectivity index (χ1) is 13.1. The van der Waals surface area contributed by atoms with Crippen LogP contribution in [-0.4, -0.2) is 17.7 Å². The Morgan fingerprint density at radius 3 is 2.48 bits per heavy atom. The third kappa shape index (κ3) is 4.08. The van der Waals surface area contributed by atoms with Crippen molar-refractivity contribution in [1.29, 1.82) is 0 Å². The lowest BCUT2D eigenvalue weighted by Gasteiger charge is -2.24. The molecule has 0 atom stereocenters. The third-order valence-electron chi connectivity index (χ3n) is 5.21. The summed E-state index contributed by atoms with van der Waals surface area (Å²) >= 11 is 0. The van der Waals surface area contributed by atoms with Crippen molar-refractivity contribution in [3.63, 3.8) is 0 Å². The number of ether oxygens (including phenoxy) is 1. The van der Waals surface area contributed by atoms with Crippen LogP contribution in [-0.2, 0) is 38.6 Å². The van der Waals surface area contributed by atoms with Crippen LogP contribution in [0.15, 0.2) is 42.5 Å². The fraction of sp³-hybridized carbons (Fsp3) is 0.318. The van der Waals surface area contributed by atoms with E-state index in [0.29, 0.717) is 37.4 Å². The molecule has 1 amide bonds. The summed E-state index contributed by atoms with van der Waals surface area (Å²) in [4.78, 5) is 34.6. The molecular formula is C22H21NO4. The molecule has 1 saturated carbocycles. The number of carbonyl (C=O) groups is 3. The highest BCUT2D eigenvalue weighted by Gasteiger charge is 2.27. The van der Waals surface area contributed by atoms with Crippen LogP contribution < -0.4 is 5.32 Å². The van der Waals surface area contributed by atoms with E-state index in [1.165, 1.54) is 5.56 Å². The number of aryl methyl sites for hydroxylation is 1. The summed E-state index contributed by atoms with van der Waals surface area (Å²) in [6, 6.07) is 13.6. The second kappa shape index (κ2) is 7.35. The van der Waals surface area contributed by atoms with Gasteiger partial charge in [0.1, 0.15) is 12.4 Å². The smallest absolute Gasteiger partial charge is 0.310 e. The third-order valence-corrected chi connectivity index (χ3v) is 5.21. The highest BCUT2D eigenvalue weighted by Crippen LogP contribution is 2.33. The van der Waals surface area contributed by atoms with E-state index in [4.69, 9.17) is 4.74 Å². The van der Waals surface area contributed by atoms with Crippen molar-refractivity contribution >= 4 is 23.3 Å². The van der Waals surface area contributed by atoms with Crippen molar-refractivity contribution in [2.24, 2.45) is 0 Å². The van der Waals surface area contributed by atoms with Gasteiger partial charge in [-0.05, 0) is 40.7 Å². The monoisotopic (exact) mass is 363 g/mol. The van der Waals surface area contributed by atoms with E-state index in [2.05, 4.69) is 5.32 Å². The van der Waals surface area contributed by atoms with Crippen LogP contribution in [0.1, 0.15) is 47.4 Å². The average molecular weight is 363 g/mol. The Bertz CT molecular complexity index is 893. The maximum Gasteiger partial charge on any atom is 0.310 e. The second-order valence-corrected chi connectivity index (χ2v) is 7.26. The molecule has 1 N–H and O–H groups in total. The molecule has 0 radical (unpaired) electrons. The number of rotatable bonds is 5. The molecule has 2 aromatic rings. The molecule has 0 saturated heterocycles. The second-order valence-electron chi connectivity index (χ2n) is 7.26. The molecule has 1 fully saturated rings. The summed E-state index contributed by atoms with van der Waals surface area (Å²) < 4.78 is 5.39. The molecule has 4 rings (SSSR count). The van der Waals surface area contributed by atoms with Crippen molar-refractivity contribution in [3.8, 4) is 0 Å². The summed E-state index contributed by atoms with van der Waals surface area (Å²) in [5, 5.41) is 2.84. The molecule has 0 spiro atoms. The first-order valence-corrected chi connectivity index (χ1v) is 9.24. The van der Waals surface area contributed by atoms with Gasteiger partial charge in [0.15, 0.2) is 0 Å². The predicted octanol–water partition coefficient (Wildman–Crippen LogP) is 3.30. The van der Waals surface area contributed by atoms with Crippen molar-refractivity contribution in [2.75, 3.05) is 5.32 Å². The van der Waals surface area contributed by atoms with Gasteiger partial charge in [-0.1, -0.05) is 36.4 Å². The van der Waals surface area contributed by atoms with Gasteiger partial charge in [0.2, 0.25) is 5.91 Å². The maximum absolute atomic E-state index is 12.1. The normalized spacial score (nSPS) is 16.3. The van der Waals surface area contributed by atoms with E-state index >= 15 is 0 Å². The van der Waals surface area contributed by atoms with Gasteiger partial charge in [-0.25, -0.2) is 0 Å². The Labute approximate surface area is 157 Å². The van der Waals surface area contributed by atoms with Crippen LogP contribution in [0.2, 0.25) is 0 Å². The Balaban J connectivity index is 1.29. The van der Waals surface area contributed by atoms with Crippen molar-refractivity contribution in [1.82, 2.24) is 0 Å². The number of anilines is 1. The van der Waals surface area contributed by atoms with E-state index in [9.17, 15) is 14.4 Å². The van der Waals surface area contributed by atoms with Gasteiger partial charge in [-0.3, -0.25) is 14.4 Å². The summed E-state index contributed by atoms with van der Waals surface area (Å²) in [6.07, 6.45) is 2.66. The molecule has 138 valence electrons. The molecular weight excluding hydrogens is 342 g/mol. The van der Waals surface area contributed by atoms with Crippen molar-refractivity contribution in [3.05, 3.63) is 64.7 Å². The standard InChI is InChI=1S/C22H21NO4/c24-19-11-18(12-19)16-4-1-14(2-5-16)13-27-22(26)10-15-3-7-20-17(9-15)6-8-21(25)23-20/h1-5,7,9,18H,6,8,10-13H2,(H,23,25). The SMILES string of the molecule is O=C1CC(c2ccc(COC(=O)Cc3ccc4c(c3)CCC(=O)N4)cc2)C1. The van der Waals surface area contributed by atoms with E-state index in [1.54, 1.807) is 0 Å². The number of esters is 1. The van der Waals surface area contributed by atoms with Crippen LogP contribution in [0.5, 0.6) is 0 Å². The molecule has 5 nitrogen and oxygen atoms in total. The van der Waals surface area contributed by atoms with Crippen LogP contribution in [0, 0.1) is 0 Å². The first-order valence-electron chi connectivity index (χ1n) is 9.24. The molecule has 0 aromatic heterocycles. The Hall–Kier alpha value is -2.95. The molecule has 1 aliphatic carbocycles. The van der Waals surface area contributed by atoms with Gasteiger partial charge in [-0.2, -0.15) is 0 Å². The number of carbonyl (C=O) groups excluding carboxylic acids is 3. The van der Waals surface area contributed by atoms with Crippen LogP contribution in [0.25, 0.3) is 0 Å². The fourth-order valence-corrected chi connectivity index (χ4v) is 3.54. The Kier molecular flexibility index (Phi) is 4.75. The van der Waals surface area contributed by atoms with Crippen LogP contribution in [0.4, 0.5) is 5.69 Å². The van der Waals surface area contributed by atoms with Gasteiger partial charge >= 0.3 is 5.97 Å². The largest absolute Gasteiger partial charge is 0.461 e. The lowest BCUT2D eigenvalue weighted by atomic mass is 9.79. The van der Waals surface area contributed by atoms with Gasteiger partial charge in [0.25, 0.3) is 0 Å². The number of nitrogens with one attached hydrogen (secondary N) is 1. The number of ketones is 1. The van der Waals surface area contributed by atoms with E-state index in [0.717, 1.165) is 22.4 Å². The zero-order valence-electron chi connectivity index (χ0n) is 15.0. The van der Waals surface area contributed by atoms with Gasteiger partial charge < -0.3 is 10.1 Å². The summed E-state index contributed by atoms with van der Waals surface area (Å²) in [6.45, 7) is 0.240. The molecule has 0 bridgehead atoms. The number of fused-ring (bicyclic) bond motifs is 1. The maximum atomic E-state index is 12.1. The van der Waals surface area contributed by atoms with Crippen molar-refractivity contribution in [2.45, 2.75) is 44.6 Å². The minimum atomic E-state index is -0.275. The van der Waals surface area contributed by atoms with E-state index in [-0.39, 0.29) is 24.9 Å². The Morgan fingerprint density at radius 1 is 1.00 bits per heavy atom. The first kappa shape index (κ1) is 17.5. The molecule has 0 unspecified atom stereocenters. The quantitative estimate of drug-likeness (QED) is 0.828. The van der Waals surface area contributed by atoms with Gasteiger partial charge in [0, 0.05) is 24.9 Å². The minimum absolute atomic E-state index is 0.0320. The Morgan fingerprint density at radius 2 is 1.74 bits per heavy atom. The highest BCUT2D eigenvalue weighted by molar-refractivity contribution is 5.94. The van der Waals surface area contributed by atoms with Gasteiger partial charge in [0.05, 0.1) is 6.42 Å². The number of Topliss-reactive ketones (excluding diaryl/α,β-unsaturated/α-hetero) is 1. The number of amides is 1. The summed E-state index contributed by atoms with van der Waals surface area (Å²) in [7, 11) is 0. The molecule has 2 aromatic carbocycles. The summed E-state index contributed by atoms with van der Waals surface area (Å²) in [5.41, 5.74) is 4.89. The lowest BCUT2D eigenvalue weighted by molar-refractivity contribution is -0.144.